The highest BCUT2D eigenvalue weighted by molar-refractivity contribution is 5.91. The van der Waals surface area contributed by atoms with Crippen molar-refractivity contribution in [1.29, 1.82) is 0 Å². The topological polar surface area (TPSA) is 80.3 Å². The van der Waals surface area contributed by atoms with Crippen LogP contribution in [0.2, 0.25) is 0 Å². The number of unbranched alkanes of at least 4 members (excludes halogenated alkanes) is 1. The van der Waals surface area contributed by atoms with Crippen molar-refractivity contribution in [2.45, 2.75) is 65.0 Å². The van der Waals surface area contributed by atoms with Gasteiger partial charge >= 0.3 is 0 Å². The lowest BCUT2D eigenvalue weighted by atomic mass is 10.00. The van der Waals surface area contributed by atoms with E-state index < -0.39 is 0 Å². The number of hydrogen-bond acceptors (Lipinski definition) is 6. The third-order valence-electron chi connectivity index (χ3n) is 5.84. The SMILES string of the molecule is CCCCC(c1nnnn1C(C)(C)CC)N1CCN(C(=O)c2ccco2)CC1. The Morgan fingerprint density at radius 3 is 2.61 bits per heavy atom. The molecule has 1 unspecified atom stereocenters. The van der Waals surface area contributed by atoms with Gasteiger partial charge in [-0.3, -0.25) is 9.69 Å². The van der Waals surface area contributed by atoms with Gasteiger partial charge in [0.1, 0.15) is 0 Å². The largest absolute Gasteiger partial charge is 0.459 e. The smallest absolute Gasteiger partial charge is 0.289 e. The van der Waals surface area contributed by atoms with Crippen molar-refractivity contribution in [3.63, 3.8) is 0 Å². The maximum absolute atomic E-state index is 12.5. The minimum atomic E-state index is -0.125. The second kappa shape index (κ2) is 8.86. The molecule has 1 amide bonds. The summed E-state index contributed by atoms with van der Waals surface area (Å²) in [5, 5.41) is 12.7. The van der Waals surface area contributed by atoms with Crippen LogP contribution >= 0.6 is 0 Å². The molecule has 2 aromatic heterocycles. The van der Waals surface area contributed by atoms with Crippen molar-refractivity contribution < 1.29 is 9.21 Å². The van der Waals surface area contributed by atoms with E-state index in [2.05, 4.69) is 48.1 Å². The number of rotatable bonds is 8. The van der Waals surface area contributed by atoms with Gasteiger partial charge in [-0.15, -0.1) is 5.10 Å². The second-order valence-corrected chi connectivity index (χ2v) is 8.08. The van der Waals surface area contributed by atoms with Crippen molar-refractivity contribution in [3.8, 4) is 0 Å². The van der Waals surface area contributed by atoms with Crippen molar-refractivity contribution in [2.24, 2.45) is 0 Å². The number of tetrazole rings is 1. The standard InChI is InChI=1S/C20H32N6O2/c1-5-7-9-16(18-21-22-23-26(18)20(3,4)6-2)24-11-13-25(14-12-24)19(27)17-10-8-15-28-17/h8,10,15-16H,5-7,9,11-14H2,1-4H3. The Morgan fingerprint density at radius 1 is 1.25 bits per heavy atom. The molecule has 2 aromatic rings. The first-order valence-electron chi connectivity index (χ1n) is 10.3. The summed E-state index contributed by atoms with van der Waals surface area (Å²) in [5.41, 5.74) is -0.125. The van der Waals surface area contributed by atoms with E-state index in [1.807, 2.05) is 9.58 Å². The fraction of sp³-hybridized carbons (Fsp3) is 0.700. The number of furan rings is 1. The fourth-order valence-electron chi connectivity index (χ4n) is 3.65. The van der Waals surface area contributed by atoms with Crippen molar-refractivity contribution in [2.75, 3.05) is 26.2 Å². The second-order valence-electron chi connectivity index (χ2n) is 8.08. The summed E-state index contributed by atoms with van der Waals surface area (Å²) in [5.74, 6) is 1.31. The van der Waals surface area contributed by atoms with E-state index >= 15 is 0 Å². The molecule has 1 atom stereocenters. The zero-order valence-corrected chi connectivity index (χ0v) is 17.5. The molecular formula is C20H32N6O2. The van der Waals surface area contributed by atoms with Crippen LogP contribution in [0.4, 0.5) is 0 Å². The highest BCUT2D eigenvalue weighted by Crippen LogP contribution is 2.30. The lowest BCUT2D eigenvalue weighted by molar-refractivity contribution is 0.0506. The molecule has 8 heteroatoms. The number of piperazine rings is 1. The first-order valence-corrected chi connectivity index (χ1v) is 10.3. The molecule has 0 bridgehead atoms. The van der Waals surface area contributed by atoms with Gasteiger partial charge in [0.2, 0.25) is 0 Å². The third kappa shape index (κ3) is 4.27. The molecule has 28 heavy (non-hydrogen) atoms. The van der Waals surface area contributed by atoms with Gasteiger partial charge in [-0.1, -0.05) is 26.7 Å². The van der Waals surface area contributed by atoms with Crippen LogP contribution < -0.4 is 0 Å². The summed E-state index contributed by atoms with van der Waals surface area (Å²) in [6.07, 6.45) is 5.77. The highest BCUT2D eigenvalue weighted by Gasteiger charge is 2.33. The van der Waals surface area contributed by atoms with Crippen LogP contribution in [0.3, 0.4) is 0 Å². The molecule has 0 spiro atoms. The molecule has 154 valence electrons. The van der Waals surface area contributed by atoms with Crippen LogP contribution in [-0.2, 0) is 5.54 Å². The number of nitrogens with zero attached hydrogens (tertiary/aromatic N) is 6. The zero-order chi connectivity index (χ0) is 20.1. The summed E-state index contributed by atoms with van der Waals surface area (Å²) in [6, 6.07) is 3.64. The predicted molar refractivity (Wildman–Crippen MR) is 106 cm³/mol. The predicted octanol–water partition coefficient (Wildman–Crippen LogP) is 3.10. The number of carbonyl (C=O) groups excluding carboxylic acids is 1. The monoisotopic (exact) mass is 388 g/mol. The molecule has 0 radical (unpaired) electrons. The lowest BCUT2D eigenvalue weighted by Gasteiger charge is -2.39. The highest BCUT2D eigenvalue weighted by atomic mass is 16.3. The van der Waals surface area contributed by atoms with E-state index in [4.69, 9.17) is 4.42 Å². The van der Waals surface area contributed by atoms with Crippen LogP contribution in [0.25, 0.3) is 0 Å². The first kappa shape index (κ1) is 20.5. The summed E-state index contributed by atoms with van der Waals surface area (Å²) in [4.78, 5) is 16.8. The molecule has 1 aliphatic heterocycles. The Kier molecular flexibility index (Phi) is 6.49. The lowest BCUT2D eigenvalue weighted by Crippen LogP contribution is -2.50. The minimum Gasteiger partial charge on any atom is -0.459 e. The minimum absolute atomic E-state index is 0.0355. The molecule has 0 saturated carbocycles. The van der Waals surface area contributed by atoms with Crippen LogP contribution in [0.15, 0.2) is 22.8 Å². The molecule has 0 N–H and O–H groups in total. The van der Waals surface area contributed by atoms with E-state index in [0.717, 1.165) is 44.6 Å². The summed E-state index contributed by atoms with van der Waals surface area (Å²) in [6.45, 7) is 11.7. The Labute approximate surface area is 166 Å². The summed E-state index contributed by atoms with van der Waals surface area (Å²) < 4.78 is 7.26. The first-order chi connectivity index (χ1) is 13.5. The molecule has 0 aromatic carbocycles. The zero-order valence-electron chi connectivity index (χ0n) is 17.5. The number of amides is 1. The molecule has 0 aliphatic carbocycles. The van der Waals surface area contributed by atoms with Gasteiger partial charge < -0.3 is 9.32 Å². The fourth-order valence-corrected chi connectivity index (χ4v) is 3.65. The van der Waals surface area contributed by atoms with Gasteiger partial charge in [-0.2, -0.15) is 0 Å². The Morgan fingerprint density at radius 2 is 2.00 bits per heavy atom. The maximum atomic E-state index is 12.5. The average molecular weight is 389 g/mol. The third-order valence-corrected chi connectivity index (χ3v) is 5.84. The van der Waals surface area contributed by atoms with Gasteiger partial charge in [-0.05, 0) is 49.2 Å². The van der Waals surface area contributed by atoms with Crippen LogP contribution in [0, 0.1) is 0 Å². The summed E-state index contributed by atoms with van der Waals surface area (Å²) >= 11 is 0. The van der Waals surface area contributed by atoms with Crippen molar-refractivity contribution in [1.82, 2.24) is 30.0 Å². The van der Waals surface area contributed by atoms with Crippen LogP contribution in [-0.4, -0.2) is 62.1 Å². The Balaban J connectivity index is 1.74. The Hall–Kier alpha value is -2.22. The number of aromatic nitrogens is 4. The van der Waals surface area contributed by atoms with E-state index in [-0.39, 0.29) is 17.5 Å². The van der Waals surface area contributed by atoms with Crippen LogP contribution in [0.1, 0.15) is 75.8 Å². The maximum Gasteiger partial charge on any atom is 0.289 e. The van der Waals surface area contributed by atoms with Crippen LogP contribution in [0.5, 0.6) is 0 Å². The number of hydrogen-bond donors (Lipinski definition) is 0. The molecule has 1 aliphatic rings. The Bertz CT molecular complexity index is 747. The molecular weight excluding hydrogens is 356 g/mol. The molecule has 1 fully saturated rings. The van der Waals surface area contributed by atoms with Gasteiger partial charge in [0.15, 0.2) is 11.6 Å². The van der Waals surface area contributed by atoms with Crippen molar-refractivity contribution in [3.05, 3.63) is 30.0 Å². The molecule has 1 saturated heterocycles. The molecule has 8 nitrogen and oxygen atoms in total. The van der Waals surface area contributed by atoms with E-state index in [1.54, 1.807) is 18.4 Å². The van der Waals surface area contributed by atoms with E-state index in [1.165, 1.54) is 0 Å². The van der Waals surface area contributed by atoms with Gasteiger partial charge in [0.05, 0.1) is 17.8 Å². The van der Waals surface area contributed by atoms with Crippen molar-refractivity contribution >= 4 is 5.91 Å². The normalized spacial score (nSPS) is 17.1. The average Bonchev–Trinajstić information content (AvgIpc) is 3.41. The summed E-state index contributed by atoms with van der Waals surface area (Å²) in [7, 11) is 0. The van der Waals surface area contributed by atoms with Gasteiger partial charge in [0, 0.05) is 26.2 Å². The number of carbonyl (C=O) groups is 1. The quantitative estimate of drug-likeness (QED) is 0.691. The van der Waals surface area contributed by atoms with E-state index in [9.17, 15) is 4.79 Å². The van der Waals surface area contributed by atoms with Gasteiger partial charge in [-0.25, -0.2) is 4.68 Å². The molecule has 3 rings (SSSR count). The van der Waals surface area contributed by atoms with Gasteiger partial charge in [0.25, 0.3) is 5.91 Å². The van der Waals surface area contributed by atoms with E-state index in [0.29, 0.717) is 18.8 Å². The molecule has 3 heterocycles.